The molecular weight excluding hydrogens is 348 g/mol. The molecule has 1 heterocycles. The summed E-state index contributed by atoms with van der Waals surface area (Å²) in [6.45, 7) is 4.58. The van der Waals surface area contributed by atoms with Crippen LogP contribution in [-0.4, -0.2) is 32.6 Å². The average molecular weight is 379 g/mol. The number of rotatable bonds is 0. The van der Waals surface area contributed by atoms with E-state index in [2.05, 4.69) is 43.4 Å². The SMILES string of the molecule is C[C@@H]1CC2=CC3(CCC2C2C(=O)C[C@@]4(C)C(CC[C@@H]4O)C21)SCCS3. The van der Waals surface area contributed by atoms with Gasteiger partial charge in [0, 0.05) is 29.3 Å². The number of ketones is 1. The van der Waals surface area contributed by atoms with Crippen LogP contribution in [0, 0.1) is 35.0 Å². The summed E-state index contributed by atoms with van der Waals surface area (Å²) < 4.78 is 0.328. The first-order valence-corrected chi connectivity index (χ1v) is 12.1. The van der Waals surface area contributed by atoms with Gasteiger partial charge in [-0.2, -0.15) is 0 Å². The molecule has 5 rings (SSSR count). The Morgan fingerprint density at radius 3 is 2.72 bits per heavy atom. The van der Waals surface area contributed by atoms with Crippen molar-refractivity contribution in [3.05, 3.63) is 11.6 Å². The molecule has 7 atom stereocenters. The average Bonchev–Trinajstić information content (AvgIpc) is 3.12. The lowest BCUT2D eigenvalue weighted by Gasteiger charge is -2.55. The third kappa shape index (κ3) is 2.39. The molecule has 0 aromatic rings. The highest BCUT2D eigenvalue weighted by molar-refractivity contribution is 8.21. The monoisotopic (exact) mass is 378 g/mol. The van der Waals surface area contributed by atoms with E-state index in [0.29, 0.717) is 40.0 Å². The summed E-state index contributed by atoms with van der Waals surface area (Å²) in [5.74, 6) is 5.40. The van der Waals surface area contributed by atoms with Crippen molar-refractivity contribution in [1.82, 2.24) is 0 Å². The normalized spacial score (nSPS) is 51.0. The Hall–Kier alpha value is 0.0700. The smallest absolute Gasteiger partial charge is 0.137 e. The summed E-state index contributed by atoms with van der Waals surface area (Å²) in [5, 5.41) is 10.6. The van der Waals surface area contributed by atoms with E-state index < -0.39 is 0 Å². The first kappa shape index (κ1) is 17.2. The number of thioether (sulfide) groups is 2. The maximum absolute atomic E-state index is 13.3. The van der Waals surface area contributed by atoms with Gasteiger partial charge in [0.25, 0.3) is 0 Å². The van der Waals surface area contributed by atoms with Crippen LogP contribution in [0.4, 0.5) is 0 Å². The number of aliphatic hydroxyl groups excluding tert-OH is 1. The molecule has 0 aromatic heterocycles. The molecule has 1 spiro atoms. The minimum atomic E-state index is -0.271. The van der Waals surface area contributed by atoms with E-state index in [1.807, 2.05) is 0 Å². The minimum Gasteiger partial charge on any atom is -0.393 e. The Morgan fingerprint density at radius 1 is 1.20 bits per heavy atom. The van der Waals surface area contributed by atoms with Gasteiger partial charge in [-0.15, -0.1) is 23.5 Å². The highest BCUT2D eigenvalue weighted by Crippen LogP contribution is 2.64. The van der Waals surface area contributed by atoms with Crippen LogP contribution >= 0.6 is 23.5 Å². The van der Waals surface area contributed by atoms with Crippen molar-refractivity contribution >= 4 is 29.3 Å². The molecule has 2 nitrogen and oxygen atoms in total. The lowest BCUT2D eigenvalue weighted by molar-refractivity contribution is -0.146. The number of allylic oxidation sites excluding steroid dienone is 1. The molecule has 1 saturated heterocycles. The van der Waals surface area contributed by atoms with Gasteiger partial charge >= 0.3 is 0 Å². The number of aliphatic hydroxyl groups is 1. The lowest BCUT2D eigenvalue weighted by Crippen LogP contribution is -2.54. The molecule has 25 heavy (non-hydrogen) atoms. The second kappa shape index (κ2) is 5.78. The maximum atomic E-state index is 13.3. The van der Waals surface area contributed by atoms with E-state index in [9.17, 15) is 9.90 Å². The molecule has 5 aliphatic rings. The Bertz CT molecular complexity index is 623. The predicted molar refractivity (Wildman–Crippen MR) is 106 cm³/mol. The fraction of sp³-hybridized carbons (Fsp3) is 0.857. The number of hydrogen-bond acceptors (Lipinski definition) is 4. The predicted octanol–water partition coefficient (Wildman–Crippen LogP) is 4.52. The van der Waals surface area contributed by atoms with Crippen molar-refractivity contribution in [2.24, 2.45) is 35.0 Å². The zero-order valence-electron chi connectivity index (χ0n) is 15.4. The molecule has 4 fully saturated rings. The van der Waals surface area contributed by atoms with E-state index in [1.54, 1.807) is 5.57 Å². The Labute approximate surface area is 160 Å². The van der Waals surface area contributed by atoms with E-state index in [-0.39, 0.29) is 17.4 Å². The van der Waals surface area contributed by atoms with Crippen molar-refractivity contribution in [3.63, 3.8) is 0 Å². The van der Waals surface area contributed by atoms with Gasteiger partial charge in [-0.05, 0) is 55.8 Å². The third-order valence-corrected chi connectivity index (χ3v) is 11.7. The minimum absolute atomic E-state index is 0.152. The van der Waals surface area contributed by atoms with E-state index in [0.717, 1.165) is 12.8 Å². The van der Waals surface area contributed by atoms with E-state index in [1.165, 1.54) is 30.8 Å². The van der Waals surface area contributed by atoms with Crippen molar-refractivity contribution in [3.8, 4) is 0 Å². The van der Waals surface area contributed by atoms with E-state index >= 15 is 0 Å². The van der Waals surface area contributed by atoms with Gasteiger partial charge in [-0.3, -0.25) is 4.79 Å². The molecule has 4 unspecified atom stereocenters. The van der Waals surface area contributed by atoms with Crippen molar-refractivity contribution < 1.29 is 9.90 Å². The van der Waals surface area contributed by atoms with Gasteiger partial charge in [0.2, 0.25) is 0 Å². The van der Waals surface area contributed by atoms with Gasteiger partial charge in [0.05, 0.1) is 10.2 Å². The van der Waals surface area contributed by atoms with Gasteiger partial charge in [-0.1, -0.05) is 25.5 Å². The third-order valence-electron chi connectivity index (χ3n) is 8.28. The lowest BCUT2D eigenvalue weighted by atomic mass is 9.49. The van der Waals surface area contributed by atoms with Gasteiger partial charge in [0.15, 0.2) is 0 Å². The van der Waals surface area contributed by atoms with Crippen LogP contribution in [0.1, 0.15) is 52.4 Å². The highest BCUT2D eigenvalue weighted by atomic mass is 32.2. The topological polar surface area (TPSA) is 37.3 Å². The summed E-state index contributed by atoms with van der Waals surface area (Å²) in [5.41, 5.74) is 1.46. The number of fused-ring (bicyclic) bond motifs is 5. The quantitative estimate of drug-likeness (QED) is 0.629. The first-order chi connectivity index (χ1) is 11.9. The Morgan fingerprint density at radius 2 is 1.96 bits per heavy atom. The zero-order valence-corrected chi connectivity index (χ0v) is 17.0. The van der Waals surface area contributed by atoms with Crippen LogP contribution in [0.25, 0.3) is 0 Å². The van der Waals surface area contributed by atoms with Crippen LogP contribution in [0.15, 0.2) is 11.6 Å². The molecule has 0 radical (unpaired) electrons. The summed E-state index contributed by atoms with van der Waals surface area (Å²) in [4.78, 5) is 13.3. The van der Waals surface area contributed by atoms with Crippen LogP contribution < -0.4 is 0 Å². The Balaban J connectivity index is 1.51. The molecule has 1 N–H and O–H groups in total. The standard InChI is InChI=1S/C21H30O2S2/c1-12-9-13-10-21(24-7-8-25-21)6-5-14(13)19-16(22)11-20(2)15(18(12)19)3-4-17(20)23/h10,12,14-15,17-19,23H,3-9,11H2,1-2H3/t12-,14?,15?,17+,18?,19?,20+/m1/s1. The summed E-state index contributed by atoms with van der Waals surface area (Å²) in [6.07, 6.45) is 8.60. The molecule has 4 aliphatic carbocycles. The second-order valence-corrected chi connectivity index (χ2v) is 12.6. The number of carbonyl (C=O) groups is 1. The summed E-state index contributed by atoms with van der Waals surface area (Å²) in [6, 6.07) is 0. The van der Waals surface area contributed by atoms with Gasteiger partial charge in [-0.25, -0.2) is 0 Å². The van der Waals surface area contributed by atoms with Crippen molar-refractivity contribution in [2.75, 3.05) is 11.5 Å². The van der Waals surface area contributed by atoms with Gasteiger partial charge < -0.3 is 5.11 Å². The molecular formula is C21H30O2S2. The van der Waals surface area contributed by atoms with Crippen LogP contribution in [0.3, 0.4) is 0 Å². The highest BCUT2D eigenvalue weighted by Gasteiger charge is 2.61. The first-order valence-electron chi connectivity index (χ1n) is 10.1. The molecule has 0 aromatic carbocycles. The largest absolute Gasteiger partial charge is 0.393 e. The summed E-state index contributed by atoms with van der Waals surface area (Å²) >= 11 is 4.27. The maximum Gasteiger partial charge on any atom is 0.137 e. The molecule has 3 saturated carbocycles. The second-order valence-electron chi connectivity index (χ2n) is 9.51. The molecule has 1 aliphatic heterocycles. The fourth-order valence-corrected chi connectivity index (χ4v) is 10.3. The van der Waals surface area contributed by atoms with Gasteiger partial charge in [0.1, 0.15) is 5.78 Å². The van der Waals surface area contributed by atoms with Crippen molar-refractivity contribution in [1.29, 1.82) is 0 Å². The van der Waals surface area contributed by atoms with Crippen LogP contribution in [-0.2, 0) is 4.79 Å². The van der Waals surface area contributed by atoms with Crippen LogP contribution in [0.2, 0.25) is 0 Å². The number of Topliss-reactive ketones (excluding diaryl/α,β-unsaturated/α-hetero) is 1. The molecule has 138 valence electrons. The summed E-state index contributed by atoms with van der Waals surface area (Å²) in [7, 11) is 0. The number of carbonyl (C=O) groups excluding carboxylic acids is 1. The molecule has 0 amide bonds. The zero-order chi connectivity index (χ0) is 17.4. The fourth-order valence-electron chi connectivity index (χ4n) is 7.16. The van der Waals surface area contributed by atoms with Crippen LogP contribution in [0.5, 0.6) is 0 Å². The number of hydrogen-bond donors (Lipinski definition) is 1. The molecule has 0 bridgehead atoms. The Kier molecular flexibility index (Phi) is 3.98. The van der Waals surface area contributed by atoms with E-state index in [4.69, 9.17) is 0 Å². The molecule has 4 heteroatoms. The van der Waals surface area contributed by atoms with Crippen molar-refractivity contribution in [2.45, 2.75) is 62.6 Å².